The van der Waals surface area contributed by atoms with Crippen LogP contribution in [0.3, 0.4) is 0 Å². The number of ketones is 1. The summed E-state index contributed by atoms with van der Waals surface area (Å²) < 4.78 is 5.33. The Bertz CT molecular complexity index is 341. The fourth-order valence-corrected chi connectivity index (χ4v) is 3.13. The Morgan fingerprint density at radius 3 is 2.20 bits per heavy atom. The number of esters is 1. The molecule has 0 saturated heterocycles. The number of ether oxygens (including phenoxy) is 1. The summed E-state index contributed by atoms with van der Waals surface area (Å²) in [5, 5.41) is 0. The topological polar surface area (TPSA) is 43.4 Å². The fourth-order valence-electron chi connectivity index (χ4n) is 3.13. The number of carbonyl (C=O) groups excluding carboxylic acids is 2. The Morgan fingerprint density at radius 2 is 1.80 bits per heavy atom. The van der Waals surface area contributed by atoms with Crippen molar-refractivity contribution in [3.63, 3.8) is 0 Å². The van der Waals surface area contributed by atoms with Gasteiger partial charge in [-0.05, 0) is 19.3 Å². The molecule has 2 fully saturated rings. The Kier molecular flexibility index (Phi) is 1.87. The zero-order chi connectivity index (χ0) is 11.6. The molecular formula is C12H18O3. The van der Waals surface area contributed by atoms with Gasteiger partial charge in [0.25, 0.3) is 0 Å². The molecule has 0 heterocycles. The highest BCUT2D eigenvalue weighted by Crippen LogP contribution is 2.70. The zero-order valence-electron chi connectivity index (χ0n) is 9.96. The van der Waals surface area contributed by atoms with Gasteiger partial charge in [-0.1, -0.05) is 13.8 Å². The first-order valence-electron chi connectivity index (χ1n) is 5.42. The number of Topliss-reactive ketones (excluding diaryl/α,β-unsaturated/α-hetero) is 1. The smallest absolute Gasteiger partial charge is 0.302 e. The molecule has 84 valence electrons. The lowest BCUT2D eigenvalue weighted by Gasteiger charge is -2.31. The summed E-state index contributed by atoms with van der Waals surface area (Å²) >= 11 is 0. The minimum Gasteiger partial charge on any atom is -0.461 e. The monoisotopic (exact) mass is 210 g/mol. The highest BCUT2D eigenvalue weighted by molar-refractivity contribution is 5.94. The third kappa shape index (κ3) is 1.18. The standard InChI is InChI=1S/C12H18O3/c1-6(13)15-10-8-7(11(8,2)3)9(14)12(10,4)5/h7-8,10H,1-5H3/t7-,8+,10-/m0/s1. The van der Waals surface area contributed by atoms with Crippen molar-refractivity contribution in [3.8, 4) is 0 Å². The van der Waals surface area contributed by atoms with Crippen LogP contribution < -0.4 is 0 Å². The molecule has 0 N–H and O–H groups in total. The lowest BCUT2D eigenvalue weighted by molar-refractivity contribution is -0.155. The molecule has 3 atom stereocenters. The predicted octanol–water partition coefficient (Wildman–Crippen LogP) is 1.80. The van der Waals surface area contributed by atoms with E-state index in [1.54, 1.807) is 0 Å². The van der Waals surface area contributed by atoms with Crippen LogP contribution in [0.2, 0.25) is 0 Å². The molecule has 0 aromatic heterocycles. The minimum atomic E-state index is -0.503. The van der Waals surface area contributed by atoms with Crippen LogP contribution in [0.5, 0.6) is 0 Å². The predicted molar refractivity (Wildman–Crippen MR) is 55.1 cm³/mol. The van der Waals surface area contributed by atoms with Gasteiger partial charge >= 0.3 is 5.97 Å². The van der Waals surface area contributed by atoms with Crippen LogP contribution in [-0.4, -0.2) is 17.9 Å². The van der Waals surface area contributed by atoms with Crippen LogP contribution in [0.1, 0.15) is 34.6 Å². The minimum absolute atomic E-state index is 0.0206. The van der Waals surface area contributed by atoms with E-state index >= 15 is 0 Å². The highest BCUT2D eigenvalue weighted by atomic mass is 16.5. The van der Waals surface area contributed by atoms with Crippen LogP contribution in [-0.2, 0) is 14.3 Å². The maximum Gasteiger partial charge on any atom is 0.302 e. The summed E-state index contributed by atoms with van der Waals surface area (Å²) in [5.41, 5.74) is -0.483. The normalized spacial score (nSPS) is 39.8. The molecule has 3 nitrogen and oxygen atoms in total. The third-order valence-corrected chi connectivity index (χ3v) is 4.16. The first-order chi connectivity index (χ1) is 6.70. The quantitative estimate of drug-likeness (QED) is 0.620. The SMILES string of the molecule is CC(=O)O[C@H]1[C@H]2[C@@H](C(=O)C1(C)C)C2(C)C. The molecule has 0 spiro atoms. The van der Waals surface area contributed by atoms with Crippen LogP contribution in [0.15, 0.2) is 0 Å². The largest absolute Gasteiger partial charge is 0.461 e. The first-order valence-corrected chi connectivity index (χ1v) is 5.42. The molecule has 0 radical (unpaired) electrons. The maximum atomic E-state index is 12.1. The molecule has 0 aromatic carbocycles. The van der Waals surface area contributed by atoms with Gasteiger partial charge in [-0.3, -0.25) is 9.59 Å². The van der Waals surface area contributed by atoms with Gasteiger partial charge in [-0.25, -0.2) is 0 Å². The average Bonchev–Trinajstić information content (AvgIpc) is 2.54. The zero-order valence-corrected chi connectivity index (χ0v) is 9.96. The van der Waals surface area contributed by atoms with E-state index in [2.05, 4.69) is 13.8 Å². The second-order valence-electron chi connectivity index (χ2n) is 5.94. The van der Waals surface area contributed by atoms with Crippen molar-refractivity contribution >= 4 is 11.8 Å². The Labute approximate surface area is 90.2 Å². The molecule has 0 aromatic rings. The maximum absolute atomic E-state index is 12.1. The molecule has 2 aliphatic rings. The number of rotatable bonds is 1. The van der Waals surface area contributed by atoms with Crippen molar-refractivity contribution in [1.29, 1.82) is 0 Å². The Hall–Kier alpha value is -0.860. The van der Waals surface area contributed by atoms with Gasteiger partial charge in [0.15, 0.2) is 0 Å². The second kappa shape index (κ2) is 2.63. The third-order valence-electron chi connectivity index (χ3n) is 4.16. The Morgan fingerprint density at radius 1 is 1.27 bits per heavy atom. The van der Waals surface area contributed by atoms with Crippen LogP contribution in [0.4, 0.5) is 0 Å². The molecule has 0 amide bonds. The van der Waals surface area contributed by atoms with Crippen molar-refractivity contribution < 1.29 is 14.3 Å². The van der Waals surface area contributed by atoms with E-state index in [-0.39, 0.29) is 35.1 Å². The summed E-state index contributed by atoms with van der Waals surface area (Å²) in [6.07, 6.45) is -0.234. The van der Waals surface area contributed by atoms with Gasteiger partial charge < -0.3 is 4.74 Å². The van der Waals surface area contributed by atoms with Gasteiger partial charge in [0, 0.05) is 18.8 Å². The molecule has 15 heavy (non-hydrogen) atoms. The van der Waals surface area contributed by atoms with Crippen LogP contribution in [0.25, 0.3) is 0 Å². The van der Waals surface area contributed by atoms with Crippen molar-refractivity contribution in [1.82, 2.24) is 0 Å². The average molecular weight is 210 g/mol. The molecule has 0 unspecified atom stereocenters. The fraction of sp³-hybridized carbons (Fsp3) is 0.833. The van der Waals surface area contributed by atoms with E-state index < -0.39 is 5.41 Å². The van der Waals surface area contributed by atoms with E-state index in [1.807, 2.05) is 13.8 Å². The number of hydrogen-bond acceptors (Lipinski definition) is 3. The molecule has 0 bridgehead atoms. The lowest BCUT2D eigenvalue weighted by atomic mass is 9.79. The summed E-state index contributed by atoms with van der Waals surface area (Å²) in [6, 6.07) is 0. The van der Waals surface area contributed by atoms with E-state index in [0.717, 1.165) is 0 Å². The molecule has 2 aliphatic carbocycles. The highest BCUT2D eigenvalue weighted by Gasteiger charge is 2.75. The van der Waals surface area contributed by atoms with Crippen molar-refractivity contribution in [2.75, 3.05) is 0 Å². The van der Waals surface area contributed by atoms with Crippen molar-refractivity contribution in [2.45, 2.75) is 40.7 Å². The lowest BCUT2D eigenvalue weighted by Crippen LogP contribution is -2.39. The van der Waals surface area contributed by atoms with E-state index in [9.17, 15) is 9.59 Å². The van der Waals surface area contributed by atoms with E-state index in [4.69, 9.17) is 4.74 Å². The van der Waals surface area contributed by atoms with Gasteiger partial charge in [0.2, 0.25) is 0 Å². The summed E-state index contributed by atoms with van der Waals surface area (Å²) in [7, 11) is 0. The molecule has 0 aliphatic heterocycles. The molecule has 2 rings (SSSR count). The van der Waals surface area contributed by atoms with Gasteiger partial charge in [-0.2, -0.15) is 0 Å². The van der Waals surface area contributed by atoms with Crippen molar-refractivity contribution in [2.24, 2.45) is 22.7 Å². The van der Waals surface area contributed by atoms with Gasteiger partial charge in [-0.15, -0.1) is 0 Å². The van der Waals surface area contributed by atoms with Gasteiger partial charge in [0.05, 0.1) is 5.41 Å². The van der Waals surface area contributed by atoms with E-state index in [0.29, 0.717) is 0 Å². The number of carbonyl (C=O) groups is 2. The molecule has 2 saturated carbocycles. The van der Waals surface area contributed by atoms with Crippen LogP contribution in [0, 0.1) is 22.7 Å². The first kappa shape index (κ1) is 10.7. The summed E-state index contributed by atoms with van der Waals surface area (Å²) in [5.74, 6) is 0.286. The Balaban J connectivity index is 2.28. The van der Waals surface area contributed by atoms with Crippen LogP contribution >= 0.6 is 0 Å². The summed E-state index contributed by atoms with van der Waals surface area (Å²) in [6.45, 7) is 9.32. The summed E-state index contributed by atoms with van der Waals surface area (Å²) in [4.78, 5) is 23.1. The van der Waals surface area contributed by atoms with Crippen molar-refractivity contribution in [3.05, 3.63) is 0 Å². The second-order valence-corrected chi connectivity index (χ2v) is 5.94. The number of fused-ring (bicyclic) bond motifs is 1. The molecular weight excluding hydrogens is 192 g/mol. The molecule has 3 heteroatoms. The van der Waals surface area contributed by atoms with Gasteiger partial charge in [0.1, 0.15) is 11.9 Å². The number of hydrogen-bond donors (Lipinski definition) is 0. The van der Waals surface area contributed by atoms with E-state index in [1.165, 1.54) is 6.92 Å².